The quantitative estimate of drug-likeness (QED) is 0.463. The van der Waals surface area contributed by atoms with Crippen LogP contribution in [-0.4, -0.2) is 51.7 Å². The third-order valence-corrected chi connectivity index (χ3v) is 3.40. The van der Waals surface area contributed by atoms with Gasteiger partial charge in [0.05, 0.1) is 5.25 Å². The molecule has 0 spiro atoms. The number of nitrogens with one attached hydrogen (secondary N) is 1. The highest BCUT2D eigenvalue weighted by molar-refractivity contribution is 7.81. The fourth-order valence-electron chi connectivity index (χ4n) is 1.90. The van der Waals surface area contributed by atoms with E-state index in [1.54, 1.807) is 13.8 Å². The summed E-state index contributed by atoms with van der Waals surface area (Å²) < 4.78 is 0. The first-order chi connectivity index (χ1) is 8.76. The van der Waals surface area contributed by atoms with Gasteiger partial charge in [-0.3, -0.25) is 19.3 Å². The molecule has 1 heterocycles. The molecule has 0 aliphatic carbocycles. The number of amides is 3. The van der Waals surface area contributed by atoms with Gasteiger partial charge >= 0.3 is 0 Å². The first-order valence-corrected chi connectivity index (χ1v) is 6.72. The maximum absolute atomic E-state index is 11.7. The van der Waals surface area contributed by atoms with Gasteiger partial charge in [0.1, 0.15) is 0 Å². The van der Waals surface area contributed by atoms with E-state index in [1.165, 1.54) is 0 Å². The molecule has 1 rings (SSSR count). The lowest BCUT2D eigenvalue weighted by Crippen LogP contribution is -2.45. The third-order valence-electron chi connectivity index (χ3n) is 3.00. The van der Waals surface area contributed by atoms with Crippen molar-refractivity contribution in [3.63, 3.8) is 0 Å². The van der Waals surface area contributed by atoms with Crippen LogP contribution in [0.2, 0.25) is 0 Å². The van der Waals surface area contributed by atoms with Crippen molar-refractivity contribution in [2.45, 2.75) is 43.9 Å². The number of hydrogen-bond donors (Lipinski definition) is 3. The summed E-state index contributed by atoms with van der Waals surface area (Å²) in [6, 6.07) is 0. The summed E-state index contributed by atoms with van der Waals surface area (Å²) in [6.45, 7) is 3.67. The van der Waals surface area contributed by atoms with Crippen LogP contribution in [-0.2, 0) is 14.4 Å². The molecule has 1 aliphatic heterocycles. The van der Waals surface area contributed by atoms with Gasteiger partial charge in [-0.25, -0.2) is 0 Å². The van der Waals surface area contributed by atoms with E-state index in [4.69, 9.17) is 5.11 Å². The summed E-state index contributed by atoms with van der Waals surface area (Å²) in [4.78, 5) is 35.9. The number of rotatable bonds is 6. The van der Waals surface area contributed by atoms with Crippen molar-refractivity contribution in [2.24, 2.45) is 0 Å². The van der Waals surface area contributed by atoms with Gasteiger partial charge in [-0.05, 0) is 20.3 Å². The Kier molecular flexibility index (Phi) is 5.37. The number of carbonyl (C=O) groups is 3. The van der Waals surface area contributed by atoms with Crippen LogP contribution in [0.5, 0.6) is 0 Å². The molecular weight excluding hydrogens is 268 g/mol. The molecule has 6 nitrogen and oxygen atoms in total. The smallest absolute Gasteiger partial charge is 0.242 e. The topological polar surface area (TPSA) is 86.7 Å². The summed E-state index contributed by atoms with van der Waals surface area (Å²) in [5, 5.41) is 11.0. The van der Waals surface area contributed by atoms with Gasteiger partial charge in [0.15, 0.2) is 0 Å². The zero-order valence-corrected chi connectivity index (χ0v) is 12.1. The largest absolute Gasteiger partial charge is 0.396 e. The van der Waals surface area contributed by atoms with Gasteiger partial charge in [-0.1, -0.05) is 0 Å². The first-order valence-electron chi connectivity index (χ1n) is 6.21. The normalized spacial score (nSPS) is 20.0. The number of hydrogen-bond acceptors (Lipinski definition) is 5. The molecule has 0 aromatic heterocycles. The second-order valence-corrected chi connectivity index (χ2v) is 5.88. The van der Waals surface area contributed by atoms with Crippen molar-refractivity contribution in [1.82, 2.24) is 10.2 Å². The maximum atomic E-state index is 11.7. The van der Waals surface area contributed by atoms with Crippen molar-refractivity contribution < 1.29 is 19.5 Å². The van der Waals surface area contributed by atoms with E-state index in [0.717, 1.165) is 4.90 Å². The zero-order valence-electron chi connectivity index (χ0n) is 11.2. The molecule has 0 bridgehead atoms. The molecule has 0 radical (unpaired) electrons. The number of nitrogens with zero attached hydrogens (tertiary/aromatic N) is 1. The minimum atomic E-state index is -0.582. The lowest BCUT2D eigenvalue weighted by atomic mass is 10.0. The molecule has 0 aromatic carbocycles. The number of aliphatic hydroxyl groups is 1. The Labute approximate surface area is 117 Å². The summed E-state index contributed by atoms with van der Waals surface area (Å²) >= 11 is 4.01. The zero-order chi connectivity index (χ0) is 14.6. The van der Waals surface area contributed by atoms with Crippen LogP contribution in [0.15, 0.2) is 0 Å². The molecule has 7 heteroatoms. The summed E-state index contributed by atoms with van der Waals surface area (Å²) in [5.41, 5.74) is -0.503. The average molecular weight is 288 g/mol. The lowest BCUT2D eigenvalue weighted by molar-refractivity contribution is -0.138. The average Bonchev–Trinajstić information content (AvgIpc) is 2.50. The Morgan fingerprint density at radius 1 is 1.53 bits per heavy atom. The van der Waals surface area contributed by atoms with Crippen LogP contribution in [0.3, 0.4) is 0 Å². The fourth-order valence-corrected chi connectivity index (χ4v) is 2.19. The number of aliphatic hydroxyl groups excluding tert-OH is 1. The highest BCUT2D eigenvalue weighted by Crippen LogP contribution is 2.18. The molecule has 3 amide bonds. The SMILES string of the molecule is CC(C)(CCO)NC(=O)CCN1C(=O)CC(S)C1=O. The summed E-state index contributed by atoms with van der Waals surface area (Å²) in [6.07, 6.45) is 0.603. The Morgan fingerprint density at radius 2 is 2.16 bits per heavy atom. The van der Waals surface area contributed by atoms with Gasteiger partial charge in [0.2, 0.25) is 17.7 Å². The van der Waals surface area contributed by atoms with E-state index >= 15 is 0 Å². The van der Waals surface area contributed by atoms with Crippen molar-refractivity contribution in [3.8, 4) is 0 Å². The molecule has 108 valence electrons. The Bertz CT molecular complexity index is 384. The van der Waals surface area contributed by atoms with Crippen LogP contribution in [0, 0.1) is 0 Å². The Hall–Kier alpha value is -1.08. The van der Waals surface area contributed by atoms with Gasteiger partial charge < -0.3 is 10.4 Å². The third kappa shape index (κ3) is 4.50. The molecule has 1 saturated heterocycles. The highest BCUT2D eigenvalue weighted by Gasteiger charge is 2.36. The highest BCUT2D eigenvalue weighted by atomic mass is 32.1. The molecule has 0 aromatic rings. The maximum Gasteiger partial charge on any atom is 0.242 e. The molecule has 0 saturated carbocycles. The second-order valence-electron chi connectivity index (χ2n) is 5.26. The Morgan fingerprint density at radius 3 is 2.63 bits per heavy atom. The number of thiol groups is 1. The number of likely N-dealkylation sites (tertiary alicyclic amines) is 1. The molecule has 1 atom stereocenters. The summed E-state index contributed by atoms with van der Waals surface area (Å²) in [5.74, 6) is -0.871. The predicted molar refractivity (Wildman–Crippen MR) is 72.7 cm³/mol. The summed E-state index contributed by atoms with van der Waals surface area (Å²) in [7, 11) is 0. The number of imide groups is 1. The van der Waals surface area contributed by atoms with Crippen LogP contribution in [0.1, 0.15) is 33.1 Å². The second kappa shape index (κ2) is 6.38. The molecule has 1 fully saturated rings. The van der Waals surface area contributed by atoms with E-state index in [2.05, 4.69) is 17.9 Å². The van der Waals surface area contributed by atoms with Crippen LogP contribution in [0.25, 0.3) is 0 Å². The van der Waals surface area contributed by atoms with E-state index in [1.807, 2.05) is 0 Å². The lowest BCUT2D eigenvalue weighted by Gasteiger charge is -2.25. The Balaban J connectivity index is 2.43. The van der Waals surface area contributed by atoms with Crippen LogP contribution < -0.4 is 5.32 Å². The van der Waals surface area contributed by atoms with Gasteiger partial charge in [-0.15, -0.1) is 0 Å². The van der Waals surface area contributed by atoms with Crippen molar-refractivity contribution in [2.75, 3.05) is 13.2 Å². The molecule has 2 N–H and O–H groups in total. The van der Waals surface area contributed by atoms with E-state index in [-0.39, 0.29) is 43.7 Å². The monoisotopic (exact) mass is 288 g/mol. The standard InChI is InChI=1S/C12H20N2O4S/c1-12(2,4-6-15)13-9(16)3-5-14-10(17)7-8(19)11(14)18/h8,15,19H,3-7H2,1-2H3,(H,13,16). The molecule has 19 heavy (non-hydrogen) atoms. The van der Waals surface area contributed by atoms with E-state index in [0.29, 0.717) is 6.42 Å². The molecular formula is C12H20N2O4S. The predicted octanol–water partition coefficient (Wildman–Crippen LogP) is -0.289. The fraction of sp³-hybridized carbons (Fsp3) is 0.750. The van der Waals surface area contributed by atoms with E-state index < -0.39 is 10.8 Å². The van der Waals surface area contributed by atoms with E-state index in [9.17, 15) is 14.4 Å². The van der Waals surface area contributed by atoms with Crippen molar-refractivity contribution >= 4 is 30.4 Å². The van der Waals surface area contributed by atoms with Crippen LogP contribution in [0.4, 0.5) is 0 Å². The minimum absolute atomic E-state index is 0.0162. The first kappa shape index (κ1) is 16.0. The molecule has 1 unspecified atom stereocenters. The van der Waals surface area contributed by atoms with Crippen molar-refractivity contribution in [1.29, 1.82) is 0 Å². The van der Waals surface area contributed by atoms with Crippen molar-refractivity contribution in [3.05, 3.63) is 0 Å². The number of carbonyl (C=O) groups excluding carboxylic acids is 3. The van der Waals surface area contributed by atoms with Gasteiger partial charge in [0, 0.05) is 31.5 Å². The molecule has 1 aliphatic rings. The van der Waals surface area contributed by atoms with Crippen LogP contribution >= 0.6 is 12.6 Å². The van der Waals surface area contributed by atoms with Gasteiger partial charge in [-0.2, -0.15) is 12.6 Å². The minimum Gasteiger partial charge on any atom is -0.396 e. The van der Waals surface area contributed by atoms with Gasteiger partial charge in [0.25, 0.3) is 0 Å².